The van der Waals surface area contributed by atoms with E-state index in [4.69, 9.17) is 9.47 Å². The smallest absolute Gasteiger partial charge is 0.394 e. The van der Waals surface area contributed by atoms with E-state index in [0.29, 0.717) is 6.42 Å². The monoisotopic (exact) mass is 976 g/mol. The first kappa shape index (κ1) is 63.9. The van der Waals surface area contributed by atoms with Crippen molar-refractivity contribution in [2.45, 2.75) is 314 Å². The van der Waals surface area contributed by atoms with Crippen LogP contribution in [-0.2, 0) is 28.9 Å². The van der Waals surface area contributed by atoms with E-state index in [2.05, 4.69) is 23.3 Å². The molecular formula is C54H105NO11S. The molecule has 12 nitrogen and oxygen atoms in total. The summed E-state index contributed by atoms with van der Waals surface area (Å²) in [4.78, 5) is 13.1. The van der Waals surface area contributed by atoms with Crippen molar-refractivity contribution in [3.63, 3.8) is 0 Å². The lowest BCUT2D eigenvalue weighted by molar-refractivity contribution is -0.298. The molecule has 0 aliphatic carbocycles. The van der Waals surface area contributed by atoms with Gasteiger partial charge in [0.2, 0.25) is 5.91 Å². The average molecular weight is 976 g/mol. The average Bonchev–Trinajstić information content (AvgIpc) is 3.30. The van der Waals surface area contributed by atoms with E-state index in [-0.39, 0.29) is 18.9 Å². The maximum Gasteiger partial charge on any atom is 0.397 e. The standard InChI is InChI=1S/C54H105NO11S/c1-3-5-7-9-11-13-15-17-19-21-22-23-24-25-26-27-28-29-31-33-35-37-39-41-43-48(57)47(46-64-54-52(60)53(66-67(61,62)63)51(59)49(45-56)65-54)55-50(58)44-42-40-38-36-34-32-30-20-18-16-14-12-10-8-6-4-2/h41,43,47-49,51-54,56-57,59-60H,3-40,42,44-46H2,1-2H3,(H,55,58)(H,61,62,63)/b43-41+. The van der Waals surface area contributed by atoms with Gasteiger partial charge >= 0.3 is 10.4 Å². The fourth-order valence-corrected chi connectivity index (χ4v) is 9.73. The summed E-state index contributed by atoms with van der Waals surface area (Å²) in [5, 5.41) is 44.9. The Bertz CT molecular complexity index is 1240. The van der Waals surface area contributed by atoms with Gasteiger partial charge in [0, 0.05) is 6.42 Å². The zero-order valence-electron chi connectivity index (χ0n) is 43.0. The molecule has 398 valence electrons. The van der Waals surface area contributed by atoms with Gasteiger partial charge in [-0.05, 0) is 19.3 Å². The Labute approximate surface area is 410 Å². The van der Waals surface area contributed by atoms with Gasteiger partial charge in [-0.15, -0.1) is 0 Å². The zero-order valence-corrected chi connectivity index (χ0v) is 43.8. The zero-order chi connectivity index (χ0) is 49.1. The lowest BCUT2D eigenvalue weighted by Crippen LogP contribution is -2.61. The van der Waals surface area contributed by atoms with Crippen LogP contribution in [0.2, 0.25) is 0 Å². The van der Waals surface area contributed by atoms with Crippen molar-refractivity contribution >= 4 is 16.3 Å². The summed E-state index contributed by atoms with van der Waals surface area (Å²) in [7, 11) is -5.09. The maximum absolute atomic E-state index is 13.1. The minimum absolute atomic E-state index is 0.257. The number of aliphatic hydroxyl groups is 4. The Morgan fingerprint density at radius 3 is 1.30 bits per heavy atom. The molecule has 1 rings (SSSR count). The minimum Gasteiger partial charge on any atom is -0.394 e. The summed E-state index contributed by atoms with van der Waals surface area (Å²) in [6, 6.07) is -0.939. The third kappa shape index (κ3) is 37.3. The molecule has 1 aliphatic heterocycles. The van der Waals surface area contributed by atoms with Gasteiger partial charge in [0.25, 0.3) is 0 Å². The first-order valence-corrected chi connectivity index (χ1v) is 29.4. The first-order chi connectivity index (χ1) is 32.5. The Morgan fingerprint density at radius 2 is 0.940 bits per heavy atom. The number of carbonyl (C=O) groups is 1. The first-order valence-electron chi connectivity index (χ1n) is 28.1. The van der Waals surface area contributed by atoms with Crippen molar-refractivity contribution in [3.05, 3.63) is 12.2 Å². The van der Waals surface area contributed by atoms with Crippen LogP contribution in [0.1, 0.15) is 271 Å². The molecule has 0 saturated carbocycles. The van der Waals surface area contributed by atoms with Gasteiger partial charge in [-0.1, -0.05) is 257 Å². The molecular weight excluding hydrogens is 871 g/mol. The summed E-state index contributed by atoms with van der Waals surface area (Å²) in [6.45, 7) is 3.43. The van der Waals surface area contributed by atoms with Gasteiger partial charge in [-0.25, -0.2) is 4.18 Å². The van der Waals surface area contributed by atoms with E-state index in [0.717, 1.165) is 38.5 Å². The molecule has 0 aromatic carbocycles. The van der Waals surface area contributed by atoms with Gasteiger partial charge < -0.3 is 35.2 Å². The second-order valence-corrected chi connectivity index (χ2v) is 20.9. The molecule has 0 aromatic heterocycles. The minimum atomic E-state index is -5.09. The fraction of sp³-hybridized carbons (Fsp3) is 0.944. The topological polar surface area (TPSA) is 192 Å². The van der Waals surface area contributed by atoms with Crippen LogP contribution in [0.3, 0.4) is 0 Å². The lowest BCUT2D eigenvalue weighted by atomic mass is 9.99. The number of aliphatic hydroxyl groups excluding tert-OH is 4. The number of ether oxygens (including phenoxy) is 2. The Kier molecular flexibility index (Phi) is 42.7. The van der Waals surface area contributed by atoms with Gasteiger partial charge in [0.1, 0.15) is 24.4 Å². The summed E-state index contributed by atoms with van der Waals surface area (Å²) in [6.07, 6.45) is 44.0. The van der Waals surface area contributed by atoms with Crippen molar-refractivity contribution in [2.24, 2.45) is 0 Å². The highest BCUT2D eigenvalue weighted by Crippen LogP contribution is 2.26. The molecule has 7 unspecified atom stereocenters. The third-order valence-corrected chi connectivity index (χ3v) is 14.0. The van der Waals surface area contributed by atoms with Gasteiger partial charge in [0.15, 0.2) is 6.29 Å². The SMILES string of the molecule is CCCCCCCCCCCCCCCCCCCCCCCC/C=C/C(O)C(COC1OC(CO)C(O)C(OS(=O)(=O)O)C1O)NC(=O)CCCCCCCCCCCCCCCCCC. The molecule has 0 bridgehead atoms. The van der Waals surface area contributed by atoms with Crippen LogP contribution >= 0.6 is 0 Å². The van der Waals surface area contributed by atoms with E-state index < -0.39 is 59.9 Å². The number of nitrogens with one attached hydrogen (secondary N) is 1. The van der Waals surface area contributed by atoms with Crippen LogP contribution in [0.4, 0.5) is 0 Å². The van der Waals surface area contributed by atoms with Crippen LogP contribution in [0.5, 0.6) is 0 Å². The number of rotatable bonds is 49. The molecule has 1 saturated heterocycles. The van der Waals surface area contributed by atoms with Crippen LogP contribution < -0.4 is 5.32 Å². The Hall–Kier alpha value is -1.16. The largest absolute Gasteiger partial charge is 0.397 e. The number of carbonyl (C=O) groups excluding carboxylic acids is 1. The highest BCUT2D eigenvalue weighted by Gasteiger charge is 2.48. The number of hydrogen-bond donors (Lipinski definition) is 6. The van der Waals surface area contributed by atoms with Gasteiger partial charge in [0.05, 0.1) is 25.4 Å². The van der Waals surface area contributed by atoms with Crippen molar-refractivity contribution in [1.29, 1.82) is 0 Å². The van der Waals surface area contributed by atoms with Crippen molar-refractivity contribution < 1.29 is 51.8 Å². The van der Waals surface area contributed by atoms with E-state index in [9.17, 15) is 38.2 Å². The number of hydrogen-bond acceptors (Lipinski definition) is 10. The van der Waals surface area contributed by atoms with E-state index in [1.54, 1.807) is 6.08 Å². The molecule has 67 heavy (non-hydrogen) atoms. The molecule has 6 N–H and O–H groups in total. The molecule has 13 heteroatoms. The second kappa shape index (κ2) is 44.8. The number of allylic oxidation sites excluding steroid dienone is 1. The molecule has 0 radical (unpaired) electrons. The molecule has 1 aliphatic rings. The Morgan fingerprint density at radius 1 is 0.582 bits per heavy atom. The molecule has 1 amide bonds. The quantitative estimate of drug-likeness (QED) is 0.0193. The van der Waals surface area contributed by atoms with E-state index >= 15 is 0 Å². The molecule has 7 atom stereocenters. The fourth-order valence-electron chi connectivity index (χ4n) is 9.22. The number of amides is 1. The highest BCUT2D eigenvalue weighted by atomic mass is 32.3. The van der Waals surface area contributed by atoms with E-state index in [1.165, 1.54) is 205 Å². The van der Waals surface area contributed by atoms with Crippen molar-refractivity contribution in [3.8, 4) is 0 Å². The summed E-state index contributed by atoms with van der Waals surface area (Å²) in [5.41, 5.74) is 0. The Balaban J connectivity index is 2.38. The summed E-state index contributed by atoms with van der Waals surface area (Å²) < 4.78 is 47.8. The van der Waals surface area contributed by atoms with Gasteiger partial charge in [-0.3, -0.25) is 9.35 Å². The predicted molar refractivity (Wildman–Crippen MR) is 273 cm³/mol. The lowest BCUT2D eigenvalue weighted by Gasteiger charge is -2.41. The van der Waals surface area contributed by atoms with Crippen LogP contribution in [0.15, 0.2) is 12.2 Å². The summed E-state index contributed by atoms with van der Waals surface area (Å²) >= 11 is 0. The third-order valence-electron chi connectivity index (χ3n) is 13.6. The number of unbranched alkanes of at least 4 members (excludes halogenated alkanes) is 37. The van der Waals surface area contributed by atoms with Crippen LogP contribution in [-0.4, -0.2) is 95.4 Å². The van der Waals surface area contributed by atoms with Crippen molar-refractivity contribution in [1.82, 2.24) is 5.32 Å². The second-order valence-electron chi connectivity index (χ2n) is 19.9. The molecule has 0 spiro atoms. The highest BCUT2D eigenvalue weighted by molar-refractivity contribution is 7.80. The molecule has 1 fully saturated rings. The normalized spacial score (nSPS) is 19.9. The van der Waals surface area contributed by atoms with Crippen LogP contribution in [0, 0.1) is 0 Å². The predicted octanol–water partition coefficient (Wildman–Crippen LogP) is 12.7. The molecule has 1 heterocycles. The maximum atomic E-state index is 13.1. The van der Waals surface area contributed by atoms with Crippen LogP contribution in [0.25, 0.3) is 0 Å². The molecule has 0 aromatic rings. The van der Waals surface area contributed by atoms with Crippen molar-refractivity contribution in [2.75, 3.05) is 13.2 Å². The summed E-state index contributed by atoms with van der Waals surface area (Å²) in [5.74, 6) is -0.257. The van der Waals surface area contributed by atoms with E-state index in [1.807, 2.05) is 6.08 Å². The van der Waals surface area contributed by atoms with Gasteiger partial charge in [-0.2, -0.15) is 8.42 Å².